The number of carbonyl (C=O) groups excluding carboxylic acids is 1. The van der Waals surface area contributed by atoms with Gasteiger partial charge in [0.1, 0.15) is 5.82 Å². The van der Waals surface area contributed by atoms with E-state index < -0.39 is 0 Å². The molecule has 2 aliphatic heterocycles. The van der Waals surface area contributed by atoms with E-state index in [-0.39, 0.29) is 23.9 Å². The molecule has 4 rings (SSSR count). The van der Waals surface area contributed by atoms with Gasteiger partial charge in [-0.05, 0) is 54.7 Å². The molecule has 0 saturated carbocycles. The molecule has 2 heterocycles. The van der Waals surface area contributed by atoms with Gasteiger partial charge >= 0.3 is 0 Å². The molecule has 0 bridgehead atoms. The molecule has 0 aliphatic carbocycles. The summed E-state index contributed by atoms with van der Waals surface area (Å²) >= 11 is 0. The molecule has 0 N–H and O–H groups in total. The van der Waals surface area contributed by atoms with Crippen LogP contribution >= 0.6 is 0 Å². The van der Waals surface area contributed by atoms with Gasteiger partial charge in [-0.25, -0.2) is 4.39 Å². The Balaban J connectivity index is 1.33. The van der Waals surface area contributed by atoms with E-state index in [0.717, 1.165) is 43.6 Å². The van der Waals surface area contributed by atoms with Crippen molar-refractivity contribution in [1.82, 2.24) is 4.90 Å². The molecule has 2 aromatic carbocycles. The van der Waals surface area contributed by atoms with Crippen molar-refractivity contribution in [3.63, 3.8) is 0 Å². The summed E-state index contributed by atoms with van der Waals surface area (Å²) in [7, 11) is 1.91. The zero-order chi connectivity index (χ0) is 19.5. The Bertz CT molecular complexity index is 816. The van der Waals surface area contributed by atoms with Crippen LogP contribution in [0.2, 0.25) is 0 Å². The Labute approximate surface area is 165 Å². The molecule has 1 amide bonds. The van der Waals surface area contributed by atoms with Crippen LogP contribution in [0.3, 0.4) is 0 Å². The first-order chi connectivity index (χ1) is 13.6. The number of benzene rings is 2. The Morgan fingerprint density at radius 3 is 2.61 bits per heavy atom. The summed E-state index contributed by atoms with van der Waals surface area (Å²) in [6.07, 6.45) is 3.01. The van der Waals surface area contributed by atoms with Crippen LogP contribution in [0.15, 0.2) is 48.5 Å². The van der Waals surface area contributed by atoms with Crippen LogP contribution in [0.25, 0.3) is 0 Å². The fourth-order valence-electron chi connectivity index (χ4n) is 4.32. The molecule has 5 heteroatoms. The highest BCUT2D eigenvalue weighted by atomic mass is 19.1. The number of halogens is 1. The summed E-state index contributed by atoms with van der Waals surface area (Å²) < 4.78 is 19.0. The quantitative estimate of drug-likeness (QED) is 0.803. The highest BCUT2D eigenvalue weighted by molar-refractivity contribution is 5.77. The van der Waals surface area contributed by atoms with Crippen molar-refractivity contribution in [1.29, 1.82) is 0 Å². The molecular weight excluding hydrogens is 355 g/mol. The second kappa shape index (κ2) is 8.31. The largest absolute Gasteiger partial charge is 0.373 e. The lowest BCUT2D eigenvalue weighted by Crippen LogP contribution is -2.46. The average Bonchev–Trinajstić information content (AvgIpc) is 2.74. The summed E-state index contributed by atoms with van der Waals surface area (Å²) in [6, 6.07) is 15.1. The molecule has 0 aromatic heterocycles. The lowest BCUT2D eigenvalue weighted by molar-refractivity contribution is -0.135. The average molecular weight is 382 g/mol. The molecule has 1 fully saturated rings. The summed E-state index contributed by atoms with van der Waals surface area (Å²) in [5.74, 6) is -0.0718. The summed E-state index contributed by atoms with van der Waals surface area (Å²) in [5.41, 5.74) is 3.49. The Kier molecular flexibility index (Phi) is 5.62. The molecular formula is C23H27FN2O2. The first-order valence-corrected chi connectivity index (χ1v) is 10.1. The number of ether oxygens (including phenoxy) is 1. The van der Waals surface area contributed by atoms with E-state index in [1.807, 2.05) is 36.2 Å². The number of anilines is 1. The van der Waals surface area contributed by atoms with Gasteiger partial charge in [-0.2, -0.15) is 0 Å². The van der Waals surface area contributed by atoms with Crippen LogP contribution in [0.1, 0.15) is 36.5 Å². The van der Waals surface area contributed by atoms with Gasteiger partial charge in [-0.1, -0.05) is 24.3 Å². The maximum atomic E-state index is 13.1. The van der Waals surface area contributed by atoms with E-state index in [2.05, 4.69) is 17.0 Å². The maximum Gasteiger partial charge on any atom is 0.225 e. The maximum absolute atomic E-state index is 13.1. The highest BCUT2D eigenvalue weighted by Gasteiger charge is 2.29. The minimum atomic E-state index is -0.213. The highest BCUT2D eigenvalue weighted by Crippen LogP contribution is 2.31. The molecule has 1 saturated heterocycles. The molecule has 1 atom stereocenters. The van der Waals surface area contributed by atoms with Crippen LogP contribution in [0.4, 0.5) is 10.1 Å². The fourth-order valence-corrected chi connectivity index (χ4v) is 4.32. The van der Waals surface area contributed by atoms with Crippen LogP contribution in [0, 0.1) is 5.82 Å². The normalized spacial score (nSPS) is 19.9. The monoisotopic (exact) mass is 382 g/mol. The third kappa shape index (κ3) is 4.04. The van der Waals surface area contributed by atoms with Gasteiger partial charge < -0.3 is 14.5 Å². The predicted molar refractivity (Wildman–Crippen MR) is 108 cm³/mol. The van der Waals surface area contributed by atoms with Gasteiger partial charge in [-0.15, -0.1) is 0 Å². The Morgan fingerprint density at radius 1 is 1.14 bits per heavy atom. The number of carbonyl (C=O) groups is 1. The number of nitrogens with zero attached hydrogens (tertiary/aromatic N) is 2. The smallest absolute Gasteiger partial charge is 0.225 e. The van der Waals surface area contributed by atoms with E-state index in [0.29, 0.717) is 13.0 Å². The van der Waals surface area contributed by atoms with Crippen molar-refractivity contribution >= 4 is 11.6 Å². The standard InChI is InChI=1S/C23H27FN2O2/c1-25(19-10-13-26(14-11-19)20-8-6-18(24)7-9-20)23(27)16-22-21-5-3-2-4-17(21)12-15-28-22/h2-9,19,22H,10-16H2,1H3. The lowest BCUT2D eigenvalue weighted by Gasteiger charge is -2.38. The van der Waals surface area contributed by atoms with Crippen molar-refractivity contribution < 1.29 is 13.9 Å². The third-order valence-electron chi connectivity index (χ3n) is 6.05. The molecule has 28 heavy (non-hydrogen) atoms. The van der Waals surface area contributed by atoms with E-state index in [4.69, 9.17) is 4.74 Å². The van der Waals surface area contributed by atoms with E-state index in [1.54, 1.807) is 0 Å². The molecule has 2 aliphatic rings. The second-order valence-corrected chi connectivity index (χ2v) is 7.71. The van der Waals surface area contributed by atoms with Gasteiger partial charge in [0.05, 0.1) is 19.1 Å². The minimum Gasteiger partial charge on any atom is -0.373 e. The summed E-state index contributed by atoms with van der Waals surface area (Å²) in [4.78, 5) is 17.1. The zero-order valence-corrected chi connectivity index (χ0v) is 16.3. The van der Waals surface area contributed by atoms with Crippen molar-refractivity contribution in [2.75, 3.05) is 31.6 Å². The number of piperidine rings is 1. The van der Waals surface area contributed by atoms with Crippen molar-refractivity contribution in [3.05, 3.63) is 65.5 Å². The molecule has 1 unspecified atom stereocenters. The Hall–Kier alpha value is -2.40. The van der Waals surface area contributed by atoms with E-state index in [1.165, 1.54) is 17.7 Å². The van der Waals surface area contributed by atoms with Crippen LogP contribution in [-0.2, 0) is 16.0 Å². The third-order valence-corrected chi connectivity index (χ3v) is 6.05. The van der Waals surface area contributed by atoms with Gasteiger partial charge in [-0.3, -0.25) is 4.79 Å². The Morgan fingerprint density at radius 2 is 1.86 bits per heavy atom. The lowest BCUT2D eigenvalue weighted by atomic mass is 9.95. The number of amides is 1. The number of fused-ring (bicyclic) bond motifs is 1. The van der Waals surface area contributed by atoms with E-state index >= 15 is 0 Å². The SMILES string of the molecule is CN(C(=O)CC1OCCc2ccccc21)C1CCN(c2ccc(F)cc2)CC1. The van der Waals surface area contributed by atoms with Crippen molar-refractivity contribution in [2.24, 2.45) is 0 Å². The van der Waals surface area contributed by atoms with Crippen molar-refractivity contribution in [2.45, 2.75) is 37.8 Å². The van der Waals surface area contributed by atoms with Crippen LogP contribution in [0.5, 0.6) is 0 Å². The van der Waals surface area contributed by atoms with E-state index in [9.17, 15) is 9.18 Å². The summed E-state index contributed by atoms with van der Waals surface area (Å²) in [5, 5.41) is 0. The first kappa shape index (κ1) is 18.9. The van der Waals surface area contributed by atoms with Gasteiger partial charge in [0.25, 0.3) is 0 Å². The molecule has 4 nitrogen and oxygen atoms in total. The number of rotatable bonds is 4. The molecule has 2 aromatic rings. The van der Waals surface area contributed by atoms with Crippen LogP contribution in [-0.4, -0.2) is 43.6 Å². The predicted octanol–water partition coefficient (Wildman–Crippen LogP) is 3.96. The fraction of sp³-hybridized carbons (Fsp3) is 0.435. The first-order valence-electron chi connectivity index (χ1n) is 10.1. The molecule has 0 radical (unpaired) electrons. The van der Waals surface area contributed by atoms with Crippen LogP contribution < -0.4 is 4.90 Å². The van der Waals surface area contributed by atoms with Gasteiger partial charge in [0.15, 0.2) is 0 Å². The number of hydrogen-bond acceptors (Lipinski definition) is 3. The van der Waals surface area contributed by atoms with Crippen molar-refractivity contribution in [3.8, 4) is 0 Å². The minimum absolute atomic E-state index is 0.140. The zero-order valence-electron chi connectivity index (χ0n) is 16.3. The number of hydrogen-bond donors (Lipinski definition) is 0. The molecule has 148 valence electrons. The molecule has 0 spiro atoms. The van der Waals surface area contributed by atoms with Gasteiger partial charge in [0, 0.05) is 31.9 Å². The topological polar surface area (TPSA) is 32.8 Å². The second-order valence-electron chi connectivity index (χ2n) is 7.71. The summed E-state index contributed by atoms with van der Waals surface area (Å²) in [6.45, 7) is 2.42. The van der Waals surface area contributed by atoms with Gasteiger partial charge in [0.2, 0.25) is 5.91 Å².